The summed E-state index contributed by atoms with van der Waals surface area (Å²) in [5.74, 6) is -0.985. The fraction of sp³-hybridized carbons (Fsp3) is 0.562. The molecule has 0 aliphatic carbocycles. The lowest BCUT2D eigenvalue weighted by Crippen LogP contribution is -2.41. The monoisotopic (exact) mass is 337 g/mol. The molecule has 24 heavy (non-hydrogen) atoms. The van der Waals surface area contributed by atoms with Gasteiger partial charge in [0.1, 0.15) is 6.04 Å². The van der Waals surface area contributed by atoms with E-state index < -0.39 is 30.3 Å². The summed E-state index contributed by atoms with van der Waals surface area (Å²) in [7, 11) is 0.698. The van der Waals surface area contributed by atoms with Crippen LogP contribution in [0.15, 0.2) is 12.1 Å². The van der Waals surface area contributed by atoms with Gasteiger partial charge in [-0.05, 0) is 45.7 Å². The van der Waals surface area contributed by atoms with E-state index in [0.29, 0.717) is 11.0 Å². The number of carboxylic acids is 1. The second kappa shape index (κ2) is 6.27. The van der Waals surface area contributed by atoms with Gasteiger partial charge in [0.05, 0.1) is 18.3 Å². The number of benzene rings is 1. The van der Waals surface area contributed by atoms with Gasteiger partial charge in [0, 0.05) is 5.46 Å². The third-order valence-corrected chi connectivity index (χ3v) is 4.64. The van der Waals surface area contributed by atoms with Crippen LogP contribution in [0.3, 0.4) is 0 Å². The summed E-state index contributed by atoms with van der Waals surface area (Å²) in [6.45, 7) is 7.68. The Hall–Kier alpha value is -1.77. The summed E-state index contributed by atoms with van der Waals surface area (Å²) in [6.07, 6.45) is 0.0688. The molecule has 1 atom stereocenters. The van der Waals surface area contributed by atoms with Crippen LogP contribution in [0.5, 0.6) is 11.5 Å². The predicted molar refractivity (Wildman–Crippen MR) is 89.7 cm³/mol. The van der Waals surface area contributed by atoms with E-state index in [2.05, 4.69) is 0 Å². The first-order chi connectivity index (χ1) is 11.0. The highest BCUT2D eigenvalue weighted by molar-refractivity contribution is 6.63. The average Bonchev–Trinajstić information content (AvgIpc) is 2.66. The molecule has 7 nitrogen and oxygen atoms in total. The number of aromatic hydroxyl groups is 1. The van der Waals surface area contributed by atoms with Gasteiger partial charge in [-0.2, -0.15) is 0 Å². The van der Waals surface area contributed by atoms with Crippen LogP contribution in [-0.4, -0.2) is 47.7 Å². The third kappa shape index (κ3) is 3.36. The van der Waals surface area contributed by atoms with Crippen molar-refractivity contribution in [3.05, 3.63) is 17.7 Å². The minimum Gasteiger partial charge on any atom is -0.504 e. The molecule has 1 aliphatic heterocycles. The maximum Gasteiger partial charge on any atom is 0.498 e. The van der Waals surface area contributed by atoms with Gasteiger partial charge in [-0.3, -0.25) is 4.79 Å². The average molecular weight is 337 g/mol. The number of carbonyl (C=O) groups is 1. The minimum atomic E-state index is -1.11. The number of rotatable bonds is 5. The molecule has 1 aromatic rings. The molecular formula is C16H24BNO6. The van der Waals surface area contributed by atoms with Crippen molar-refractivity contribution >= 4 is 18.6 Å². The molecule has 8 heteroatoms. The summed E-state index contributed by atoms with van der Waals surface area (Å²) in [6, 6.07) is 2.07. The van der Waals surface area contributed by atoms with E-state index in [-0.39, 0.29) is 17.9 Å². The molecule has 2 rings (SSSR count). The molecule has 0 aromatic heterocycles. The van der Waals surface area contributed by atoms with Gasteiger partial charge >= 0.3 is 13.1 Å². The number of hydrogen-bond donors (Lipinski definition) is 3. The molecule has 0 bridgehead atoms. The Bertz CT molecular complexity index is 630. The molecular weight excluding hydrogens is 313 g/mol. The largest absolute Gasteiger partial charge is 0.504 e. The zero-order valence-corrected chi connectivity index (χ0v) is 14.6. The molecule has 1 aromatic carbocycles. The van der Waals surface area contributed by atoms with Crippen molar-refractivity contribution in [3.63, 3.8) is 0 Å². The molecule has 0 radical (unpaired) electrons. The Morgan fingerprint density at radius 1 is 1.29 bits per heavy atom. The van der Waals surface area contributed by atoms with Gasteiger partial charge in [-0.15, -0.1) is 0 Å². The van der Waals surface area contributed by atoms with Crippen LogP contribution in [0, 0.1) is 0 Å². The lowest BCUT2D eigenvalue weighted by Gasteiger charge is -2.32. The number of nitrogens with two attached hydrogens (primary N) is 1. The second-order valence-electron chi connectivity index (χ2n) is 6.97. The van der Waals surface area contributed by atoms with E-state index in [9.17, 15) is 9.90 Å². The summed E-state index contributed by atoms with van der Waals surface area (Å²) < 4.78 is 17.3. The van der Waals surface area contributed by atoms with Crippen LogP contribution >= 0.6 is 0 Å². The smallest absolute Gasteiger partial charge is 0.498 e. The van der Waals surface area contributed by atoms with E-state index >= 15 is 0 Å². The number of methoxy groups -OCH3 is 1. The van der Waals surface area contributed by atoms with E-state index in [1.165, 1.54) is 13.2 Å². The van der Waals surface area contributed by atoms with Crippen LogP contribution in [0.25, 0.3) is 0 Å². The molecule has 1 heterocycles. The fourth-order valence-corrected chi connectivity index (χ4v) is 2.52. The summed E-state index contributed by atoms with van der Waals surface area (Å²) in [5, 5.41) is 19.2. The number of phenols is 1. The maximum absolute atomic E-state index is 11.0. The van der Waals surface area contributed by atoms with Gasteiger partial charge in [0.2, 0.25) is 0 Å². The highest BCUT2D eigenvalue weighted by Crippen LogP contribution is 2.38. The van der Waals surface area contributed by atoms with Crippen molar-refractivity contribution in [1.29, 1.82) is 0 Å². The molecule has 0 spiro atoms. The van der Waals surface area contributed by atoms with E-state index in [1.54, 1.807) is 6.07 Å². The number of aliphatic carboxylic acids is 1. The predicted octanol–water partition coefficient (Wildman–Crippen LogP) is 0.654. The van der Waals surface area contributed by atoms with Gasteiger partial charge in [-0.25, -0.2) is 0 Å². The summed E-state index contributed by atoms with van der Waals surface area (Å²) in [5.41, 5.74) is 5.55. The van der Waals surface area contributed by atoms with Crippen molar-refractivity contribution in [2.75, 3.05) is 7.11 Å². The molecule has 0 amide bonds. The lowest BCUT2D eigenvalue weighted by atomic mass is 9.77. The highest BCUT2D eigenvalue weighted by Gasteiger charge is 2.52. The third-order valence-electron chi connectivity index (χ3n) is 4.64. The van der Waals surface area contributed by atoms with E-state index in [0.717, 1.165) is 0 Å². The first-order valence-electron chi connectivity index (χ1n) is 7.72. The van der Waals surface area contributed by atoms with Crippen LogP contribution < -0.4 is 15.9 Å². The van der Waals surface area contributed by atoms with Gasteiger partial charge < -0.3 is 30.0 Å². The molecule has 4 N–H and O–H groups in total. The van der Waals surface area contributed by atoms with Crippen LogP contribution in [0.4, 0.5) is 0 Å². The summed E-state index contributed by atoms with van der Waals surface area (Å²) >= 11 is 0. The Labute approximate surface area is 141 Å². The van der Waals surface area contributed by atoms with Gasteiger partial charge in [-0.1, -0.05) is 6.07 Å². The van der Waals surface area contributed by atoms with Crippen molar-refractivity contribution < 1.29 is 29.1 Å². The number of phenolic OH excluding ortho intramolecular Hbond substituents is 1. The molecule has 0 saturated carbocycles. The van der Waals surface area contributed by atoms with Gasteiger partial charge in [0.15, 0.2) is 11.5 Å². The standard InChI is InChI=1S/C16H24BNO6/c1-15(2)16(3,4)24-17(23-15)10-6-9(7-11(18)14(20)21)8-12(19)13(10)22-5/h6,8,11,19H,7,18H2,1-5H3,(H,20,21). The highest BCUT2D eigenvalue weighted by atomic mass is 16.7. The molecule has 1 fully saturated rings. The SMILES string of the molecule is COc1c(O)cc(CC(N)C(=O)O)cc1B1OC(C)(C)C(C)(C)O1. The number of hydrogen-bond acceptors (Lipinski definition) is 6. The fourth-order valence-electron chi connectivity index (χ4n) is 2.52. The first-order valence-corrected chi connectivity index (χ1v) is 7.72. The Balaban J connectivity index is 2.42. The molecule has 1 saturated heterocycles. The minimum absolute atomic E-state index is 0.0688. The lowest BCUT2D eigenvalue weighted by molar-refractivity contribution is -0.138. The van der Waals surface area contributed by atoms with Crippen molar-refractivity contribution in [2.45, 2.75) is 51.4 Å². The molecule has 1 unspecified atom stereocenters. The Kier molecular flexibility index (Phi) is 4.85. The van der Waals surface area contributed by atoms with Crippen molar-refractivity contribution in [1.82, 2.24) is 0 Å². The zero-order valence-electron chi connectivity index (χ0n) is 14.6. The normalized spacial score (nSPS) is 20.0. The van der Waals surface area contributed by atoms with Crippen molar-refractivity contribution in [3.8, 4) is 11.5 Å². The molecule has 132 valence electrons. The van der Waals surface area contributed by atoms with Crippen LogP contribution in [0.1, 0.15) is 33.3 Å². The Morgan fingerprint density at radius 3 is 2.29 bits per heavy atom. The van der Waals surface area contributed by atoms with Crippen molar-refractivity contribution in [2.24, 2.45) is 5.73 Å². The first kappa shape index (κ1) is 18.6. The zero-order chi connectivity index (χ0) is 18.3. The summed E-state index contributed by atoms with van der Waals surface area (Å²) in [4.78, 5) is 11.0. The van der Waals surface area contributed by atoms with Crippen LogP contribution in [-0.2, 0) is 20.5 Å². The number of ether oxygens (including phenoxy) is 1. The Morgan fingerprint density at radius 2 is 1.83 bits per heavy atom. The maximum atomic E-state index is 11.0. The molecule has 1 aliphatic rings. The second-order valence-corrected chi connectivity index (χ2v) is 6.97. The number of carboxylic acid groups (broad SMARTS) is 1. The van der Waals surface area contributed by atoms with Crippen LogP contribution in [0.2, 0.25) is 0 Å². The van der Waals surface area contributed by atoms with E-state index in [4.69, 9.17) is 24.9 Å². The van der Waals surface area contributed by atoms with Gasteiger partial charge in [0.25, 0.3) is 0 Å². The quantitative estimate of drug-likeness (QED) is 0.677. The van der Waals surface area contributed by atoms with E-state index in [1.807, 2.05) is 27.7 Å². The topological polar surface area (TPSA) is 111 Å².